The number of nitrogens with one attached hydrogen (secondary N) is 1. The van der Waals surface area contributed by atoms with Crippen LogP contribution >= 0.6 is 11.9 Å². The molecule has 1 aliphatic rings. The first-order valence-corrected chi connectivity index (χ1v) is 9.82. The molecule has 0 saturated carbocycles. The Morgan fingerprint density at radius 3 is 2.24 bits per heavy atom. The Morgan fingerprint density at radius 1 is 1.16 bits per heavy atom. The summed E-state index contributed by atoms with van der Waals surface area (Å²) in [6, 6.07) is 6.57. The summed E-state index contributed by atoms with van der Waals surface area (Å²) in [4.78, 5) is 10.8. The van der Waals surface area contributed by atoms with E-state index in [1.807, 2.05) is 47.6 Å². The molecule has 0 radical (unpaired) electrons. The molecule has 1 aliphatic heterocycles. The molecule has 0 aromatic heterocycles. The molecule has 0 bridgehead atoms. The van der Waals surface area contributed by atoms with Crippen LogP contribution < -0.4 is 5.32 Å². The molecule has 0 saturated heterocycles. The molecule has 5 nitrogen and oxygen atoms in total. The second-order valence-electron chi connectivity index (χ2n) is 7.47. The van der Waals surface area contributed by atoms with Crippen LogP contribution in [-0.4, -0.2) is 22.9 Å². The molecule has 6 heteroatoms. The van der Waals surface area contributed by atoms with Gasteiger partial charge in [0, 0.05) is 29.1 Å². The van der Waals surface area contributed by atoms with Crippen LogP contribution in [0.25, 0.3) is 0 Å². The number of benzene rings is 1. The van der Waals surface area contributed by atoms with Crippen LogP contribution in [0.1, 0.15) is 77.3 Å². The maximum absolute atomic E-state index is 10.8. The monoisotopic (exact) mass is 367 g/mol. The van der Waals surface area contributed by atoms with Gasteiger partial charge in [0.05, 0.1) is 16.3 Å². The highest BCUT2D eigenvalue weighted by atomic mass is 32.2. The van der Waals surface area contributed by atoms with Crippen LogP contribution in [0, 0.1) is 4.91 Å². The van der Waals surface area contributed by atoms with Crippen molar-refractivity contribution < 1.29 is 5.21 Å². The lowest BCUT2D eigenvalue weighted by Gasteiger charge is -2.34. The zero-order valence-electron chi connectivity index (χ0n) is 16.8. The van der Waals surface area contributed by atoms with E-state index in [0.717, 1.165) is 28.6 Å². The van der Waals surface area contributed by atoms with E-state index < -0.39 is 11.1 Å². The SMILES string of the molecule is CC.CC(C)NCC(SN=O)c1ccc2c(c1)C(C)(C)N(O)C2(C)C. The molecule has 2 N–H and O–H groups in total. The number of fused-ring (bicyclic) bond motifs is 1. The van der Waals surface area contributed by atoms with Crippen LogP contribution in [0.2, 0.25) is 0 Å². The Morgan fingerprint density at radius 2 is 1.72 bits per heavy atom. The fourth-order valence-electron chi connectivity index (χ4n) is 3.34. The van der Waals surface area contributed by atoms with Crippen molar-refractivity contribution in [2.75, 3.05) is 6.54 Å². The van der Waals surface area contributed by atoms with Crippen molar-refractivity contribution >= 4 is 11.9 Å². The molecular formula is C19H33N3O2S. The minimum Gasteiger partial charge on any atom is -0.313 e. The van der Waals surface area contributed by atoms with Gasteiger partial charge in [-0.25, -0.2) is 0 Å². The molecule has 1 unspecified atom stereocenters. The van der Waals surface area contributed by atoms with E-state index in [0.29, 0.717) is 12.6 Å². The smallest absolute Gasteiger partial charge is 0.0674 e. The van der Waals surface area contributed by atoms with Gasteiger partial charge in [0.1, 0.15) is 0 Å². The van der Waals surface area contributed by atoms with Crippen LogP contribution in [-0.2, 0) is 11.1 Å². The predicted molar refractivity (Wildman–Crippen MR) is 107 cm³/mol. The van der Waals surface area contributed by atoms with Crippen LogP contribution in [0.3, 0.4) is 0 Å². The first-order valence-electron chi connectivity index (χ1n) is 8.98. The largest absolute Gasteiger partial charge is 0.313 e. The molecule has 0 amide bonds. The van der Waals surface area contributed by atoms with E-state index in [1.165, 1.54) is 5.06 Å². The summed E-state index contributed by atoms with van der Waals surface area (Å²) in [7, 11) is 0. The first-order chi connectivity index (χ1) is 11.6. The summed E-state index contributed by atoms with van der Waals surface area (Å²) >= 11 is 1.05. The topological polar surface area (TPSA) is 64.9 Å². The molecule has 25 heavy (non-hydrogen) atoms. The number of hydrogen-bond acceptors (Lipinski definition) is 6. The van der Waals surface area contributed by atoms with Gasteiger partial charge in [0.15, 0.2) is 0 Å². The van der Waals surface area contributed by atoms with Crippen LogP contribution in [0.5, 0.6) is 0 Å². The van der Waals surface area contributed by atoms with E-state index >= 15 is 0 Å². The Bertz CT molecular complexity index is 588. The molecule has 0 fully saturated rings. The van der Waals surface area contributed by atoms with Crippen LogP contribution in [0.4, 0.5) is 0 Å². The number of hydrogen-bond donors (Lipinski definition) is 2. The lowest BCUT2D eigenvalue weighted by atomic mass is 9.88. The zero-order chi connectivity index (χ0) is 19.4. The van der Waals surface area contributed by atoms with E-state index in [2.05, 4.69) is 35.9 Å². The molecule has 1 aromatic rings. The maximum atomic E-state index is 10.8. The van der Waals surface area contributed by atoms with Crippen molar-refractivity contribution in [1.29, 1.82) is 0 Å². The Hall–Kier alpha value is -0.950. The van der Waals surface area contributed by atoms with Crippen molar-refractivity contribution in [3.8, 4) is 0 Å². The van der Waals surface area contributed by atoms with Gasteiger partial charge in [-0.2, -0.15) is 5.06 Å². The quantitative estimate of drug-likeness (QED) is 0.525. The van der Waals surface area contributed by atoms with Gasteiger partial charge in [-0.1, -0.05) is 45.9 Å². The van der Waals surface area contributed by atoms with Crippen molar-refractivity contribution in [3.05, 3.63) is 39.8 Å². The third-order valence-corrected chi connectivity index (χ3v) is 5.45. The van der Waals surface area contributed by atoms with Crippen molar-refractivity contribution in [3.63, 3.8) is 0 Å². The summed E-state index contributed by atoms with van der Waals surface area (Å²) < 4.78 is 3.03. The van der Waals surface area contributed by atoms with Gasteiger partial charge < -0.3 is 10.5 Å². The first kappa shape index (κ1) is 22.1. The van der Waals surface area contributed by atoms with Gasteiger partial charge in [-0.15, -0.1) is 4.91 Å². The summed E-state index contributed by atoms with van der Waals surface area (Å²) in [6.45, 7) is 16.9. The number of rotatable bonds is 6. The summed E-state index contributed by atoms with van der Waals surface area (Å²) in [5, 5.41) is 15.3. The minimum absolute atomic E-state index is 0.0353. The van der Waals surface area contributed by atoms with Gasteiger partial charge in [0.2, 0.25) is 0 Å². The maximum Gasteiger partial charge on any atom is 0.0674 e. The highest BCUT2D eigenvalue weighted by molar-refractivity contribution is 7.98. The molecular weight excluding hydrogens is 334 g/mol. The lowest BCUT2D eigenvalue weighted by Crippen LogP contribution is -2.42. The third-order valence-electron chi connectivity index (χ3n) is 4.67. The lowest BCUT2D eigenvalue weighted by molar-refractivity contribution is -0.216. The molecule has 1 atom stereocenters. The van der Waals surface area contributed by atoms with E-state index in [9.17, 15) is 10.1 Å². The Kier molecular flexibility index (Phi) is 7.62. The number of hydroxylamine groups is 2. The van der Waals surface area contributed by atoms with Gasteiger partial charge in [-0.3, -0.25) is 0 Å². The third kappa shape index (κ3) is 4.42. The predicted octanol–water partition coefficient (Wildman–Crippen LogP) is 5.34. The van der Waals surface area contributed by atoms with E-state index in [1.54, 1.807) is 0 Å². The normalized spacial score (nSPS) is 19.1. The summed E-state index contributed by atoms with van der Waals surface area (Å²) in [5.74, 6) is 0. The number of nitrogens with zero attached hydrogens (tertiary/aromatic N) is 2. The Balaban J connectivity index is 0.00000151. The Labute approximate surface area is 156 Å². The summed E-state index contributed by atoms with van der Waals surface area (Å²) in [6.07, 6.45) is 0. The van der Waals surface area contributed by atoms with Gasteiger partial charge in [0.25, 0.3) is 0 Å². The van der Waals surface area contributed by atoms with Crippen molar-refractivity contribution in [2.24, 2.45) is 4.58 Å². The van der Waals surface area contributed by atoms with Crippen molar-refractivity contribution in [2.45, 2.75) is 77.8 Å². The van der Waals surface area contributed by atoms with Crippen LogP contribution in [0.15, 0.2) is 22.8 Å². The molecule has 142 valence electrons. The zero-order valence-corrected chi connectivity index (χ0v) is 17.6. The molecule has 2 rings (SSSR count). The second-order valence-corrected chi connectivity index (χ2v) is 8.40. The minimum atomic E-state index is -0.468. The van der Waals surface area contributed by atoms with E-state index in [-0.39, 0.29) is 5.25 Å². The highest BCUT2D eigenvalue weighted by Crippen LogP contribution is 2.49. The van der Waals surface area contributed by atoms with Crippen molar-refractivity contribution in [1.82, 2.24) is 10.4 Å². The number of nitroso groups, excluding NO2 is 1. The average Bonchev–Trinajstić information content (AvgIpc) is 2.71. The molecule has 1 aromatic carbocycles. The average molecular weight is 368 g/mol. The molecule has 0 aliphatic carbocycles. The van der Waals surface area contributed by atoms with Gasteiger partial charge >= 0.3 is 0 Å². The fraction of sp³-hybridized carbons (Fsp3) is 0.684. The molecule has 0 spiro atoms. The second kappa shape index (κ2) is 8.62. The standard InChI is InChI=1S/C17H27N3O2S.C2H6/c1-11(2)18-10-15(23-19-21)12-7-8-13-14(9-12)17(5,6)20(22)16(13,3)4;1-2/h7-9,11,15,18,22H,10H2,1-6H3;1-2H3. The fourth-order valence-corrected chi connectivity index (χ4v) is 3.88. The van der Waals surface area contributed by atoms with Gasteiger partial charge in [-0.05, 0) is 44.4 Å². The summed E-state index contributed by atoms with van der Waals surface area (Å²) in [5.41, 5.74) is 2.38. The highest BCUT2D eigenvalue weighted by Gasteiger charge is 2.48. The van der Waals surface area contributed by atoms with E-state index in [4.69, 9.17) is 0 Å². The molecule has 1 heterocycles.